The van der Waals surface area contributed by atoms with Gasteiger partial charge in [0.05, 0.1) is 10.6 Å². The molecule has 0 heterocycles. The number of phenols is 1. The molecule has 0 aliphatic heterocycles. The lowest BCUT2D eigenvalue weighted by atomic mass is 10.1. The number of carboxylic acids is 1. The number of aromatic carboxylic acids is 1. The van der Waals surface area contributed by atoms with Gasteiger partial charge in [0.1, 0.15) is 11.3 Å². The number of anilines is 1. The summed E-state index contributed by atoms with van der Waals surface area (Å²) in [5.74, 6) is -2.10. The van der Waals surface area contributed by atoms with E-state index < -0.39 is 17.6 Å². The zero-order chi connectivity index (χ0) is 15.6. The third-order valence-electron chi connectivity index (χ3n) is 2.92. The van der Waals surface area contributed by atoms with Crippen LogP contribution in [0.4, 0.5) is 5.69 Å². The van der Waals surface area contributed by atoms with Gasteiger partial charge in [0.25, 0.3) is 5.91 Å². The normalized spacial score (nSPS) is 10.2. The van der Waals surface area contributed by atoms with Gasteiger partial charge in [0, 0.05) is 11.8 Å². The second-order valence-electron chi connectivity index (χ2n) is 4.43. The predicted octanol–water partition coefficient (Wildman–Crippen LogP) is 3.30. The van der Waals surface area contributed by atoms with Crippen LogP contribution in [0.25, 0.3) is 0 Å². The van der Waals surface area contributed by atoms with Crippen molar-refractivity contribution in [1.29, 1.82) is 0 Å². The minimum absolute atomic E-state index is 0.235. The summed E-state index contributed by atoms with van der Waals surface area (Å²) in [5.41, 5.74) is 1.12. The lowest BCUT2D eigenvalue weighted by molar-refractivity contribution is 0.0693. The number of halogens is 1. The Morgan fingerprint density at radius 3 is 2.48 bits per heavy atom. The van der Waals surface area contributed by atoms with E-state index in [0.29, 0.717) is 10.6 Å². The van der Waals surface area contributed by atoms with Crippen molar-refractivity contribution >= 4 is 29.2 Å². The van der Waals surface area contributed by atoms with Crippen LogP contribution in [-0.2, 0) is 0 Å². The van der Waals surface area contributed by atoms with Gasteiger partial charge < -0.3 is 15.5 Å². The van der Waals surface area contributed by atoms with Gasteiger partial charge in [-0.3, -0.25) is 4.79 Å². The first-order chi connectivity index (χ1) is 9.90. The first kappa shape index (κ1) is 14.9. The molecular weight excluding hydrogens is 294 g/mol. The molecule has 21 heavy (non-hydrogen) atoms. The number of hydrogen-bond donors (Lipinski definition) is 3. The Hall–Kier alpha value is -2.53. The molecule has 5 nitrogen and oxygen atoms in total. The van der Waals surface area contributed by atoms with Crippen LogP contribution in [0, 0.1) is 6.92 Å². The van der Waals surface area contributed by atoms with Crippen molar-refractivity contribution in [3.8, 4) is 5.75 Å². The van der Waals surface area contributed by atoms with E-state index in [1.807, 2.05) is 0 Å². The van der Waals surface area contributed by atoms with Crippen molar-refractivity contribution in [2.75, 3.05) is 5.32 Å². The fourth-order valence-electron chi connectivity index (χ4n) is 1.81. The van der Waals surface area contributed by atoms with Crippen LogP contribution >= 0.6 is 11.6 Å². The molecule has 0 radical (unpaired) electrons. The minimum atomic E-state index is -1.24. The Balaban J connectivity index is 2.26. The molecule has 0 aliphatic carbocycles. The number of aryl methyl sites for hydroxylation is 1. The van der Waals surface area contributed by atoms with Crippen molar-refractivity contribution in [2.24, 2.45) is 0 Å². The summed E-state index contributed by atoms with van der Waals surface area (Å²) < 4.78 is 0. The second-order valence-corrected chi connectivity index (χ2v) is 4.81. The topological polar surface area (TPSA) is 86.6 Å². The standard InChI is InChI=1S/C15H12ClNO4/c1-8-3-2-4-11(13(8)16)14(19)17-9-5-6-10(15(20)21)12(18)7-9/h2-7,18H,1H3,(H,17,19)(H,20,21). The van der Waals surface area contributed by atoms with Gasteiger partial charge >= 0.3 is 5.97 Å². The molecule has 0 unspecified atom stereocenters. The summed E-state index contributed by atoms with van der Waals surface area (Å²) in [5, 5.41) is 21.3. The Morgan fingerprint density at radius 2 is 1.86 bits per heavy atom. The summed E-state index contributed by atoms with van der Waals surface area (Å²) in [6.07, 6.45) is 0. The number of carbonyl (C=O) groups excluding carboxylic acids is 1. The summed E-state index contributed by atoms with van der Waals surface area (Å²) in [7, 11) is 0. The smallest absolute Gasteiger partial charge is 0.339 e. The van der Waals surface area contributed by atoms with Crippen LogP contribution in [0.1, 0.15) is 26.3 Å². The largest absolute Gasteiger partial charge is 0.507 e. The average molecular weight is 306 g/mol. The van der Waals surface area contributed by atoms with Crippen molar-refractivity contribution in [3.63, 3.8) is 0 Å². The van der Waals surface area contributed by atoms with Crippen LogP contribution in [-0.4, -0.2) is 22.1 Å². The average Bonchev–Trinajstić information content (AvgIpc) is 2.41. The monoisotopic (exact) mass is 305 g/mol. The SMILES string of the molecule is Cc1cccc(C(=O)Nc2ccc(C(=O)O)c(O)c2)c1Cl. The molecule has 0 bridgehead atoms. The van der Waals surface area contributed by atoms with Crippen LogP contribution in [0.15, 0.2) is 36.4 Å². The van der Waals surface area contributed by atoms with E-state index in [1.165, 1.54) is 18.2 Å². The molecule has 0 atom stereocenters. The maximum atomic E-state index is 12.1. The molecule has 0 aliphatic rings. The van der Waals surface area contributed by atoms with Gasteiger partial charge in [-0.25, -0.2) is 4.79 Å². The number of nitrogens with one attached hydrogen (secondary N) is 1. The molecule has 3 N–H and O–H groups in total. The Labute approximate surface area is 125 Å². The van der Waals surface area contributed by atoms with Gasteiger partial charge in [0.15, 0.2) is 0 Å². The number of rotatable bonds is 3. The first-order valence-corrected chi connectivity index (χ1v) is 6.40. The minimum Gasteiger partial charge on any atom is -0.507 e. The predicted molar refractivity (Wildman–Crippen MR) is 79.2 cm³/mol. The number of carbonyl (C=O) groups is 2. The molecule has 0 aromatic heterocycles. The number of hydrogen-bond acceptors (Lipinski definition) is 3. The first-order valence-electron chi connectivity index (χ1n) is 6.03. The lowest BCUT2D eigenvalue weighted by Gasteiger charge is -2.09. The highest BCUT2D eigenvalue weighted by Gasteiger charge is 2.14. The Bertz CT molecular complexity index is 728. The molecule has 2 rings (SSSR count). The molecule has 6 heteroatoms. The number of carboxylic acid groups (broad SMARTS) is 1. The highest BCUT2D eigenvalue weighted by Crippen LogP contribution is 2.24. The van der Waals surface area contributed by atoms with E-state index in [0.717, 1.165) is 5.56 Å². The van der Waals surface area contributed by atoms with Crippen molar-refractivity contribution < 1.29 is 19.8 Å². The zero-order valence-corrected chi connectivity index (χ0v) is 11.8. The third-order valence-corrected chi connectivity index (χ3v) is 3.42. The molecule has 0 saturated carbocycles. The molecule has 0 saturated heterocycles. The van der Waals surface area contributed by atoms with E-state index in [-0.39, 0.29) is 11.3 Å². The van der Waals surface area contributed by atoms with Crippen LogP contribution in [0.3, 0.4) is 0 Å². The van der Waals surface area contributed by atoms with Crippen LogP contribution in [0.5, 0.6) is 5.75 Å². The molecule has 1 amide bonds. The van der Waals surface area contributed by atoms with Crippen LogP contribution < -0.4 is 5.32 Å². The van der Waals surface area contributed by atoms with Crippen molar-refractivity contribution in [2.45, 2.75) is 6.92 Å². The van der Waals surface area contributed by atoms with E-state index in [2.05, 4.69) is 5.32 Å². The second kappa shape index (κ2) is 5.85. The van der Waals surface area contributed by atoms with Gasteiger partial charge in [-0.05, 0) is 30.7 Å². The summed E-state index contributed by atoms with van der Waals surface area (Å²) in [6, 6.07) is 8.85. The van der Waals surface area contributed by atoms with Crippen molar-refractivity contribution in [3.05, 3.63) is 58.1 Å². The molecular formula is C15H12ClNO4. The fourth-order valence-corrected chi connectivity index (χ4v) is 2.02. The number of benzene rings is 2. The van der Waals surface area contributed by atoms with Crippen LogP contribution in [0.2, 0.25) is 5.02 Å². The number of aromatic hydroxyl groups is 1. The van der Waals surface area contributed by atoms with E-state index >= 15 is 0 Å². The van der Waals surface area contributed by atoms with E-state index in [1.54, 1.807) is 25.1 Å². The Morgan fingerprint density at radius 1 is 1.14 bits per heavy atom. The fraction of sp³-hybridized carbons (Fsp3) is 0.0667. The lowest BCUT2D eigenvalue weighted by Crippen LogP contribution is -2.13. The molecule has 0 spiro atoms. The number of amides is 1. The Kier molecular flexibility index (Phi) is 4.14. The van der Waals surface area contributed by atoms with Gasteiger partial charge in [-0.15, -0.1) is 0 Å². The zero-order valence-electron chi connectivity index (χ0n) is 11.1. The summed E-state index contributed by atoms with van der Waals surface area (Å²) in [6.45, 7) is 1.78. The van der Waals surface area contributed by atoms with Gasteiger partial charge in [-0.1, -0.05) is 23.7 Å². The third kappa shape index (κ3) is 3.14. The van der Waals surface area contributed by atoms with E-state index in [4.69, 9.17) is 16.7 Å². The van der Waals surface area contributed by atoms with E-state index in [9.17, 15) is 14.7 Å². The summed E-state index contributed by atoms with van der Waals surface area (Å²) >= 11 is 6.06. The maximum Gasteiger partial charge on any atom is 0.339 e. The van der Waals surface area contributed by atoms with Gasteiger partial charge in [-0.2, -0.15) is 0 Å². The molecule has 108 valence electrons. The summed E-state index contributed by atoms with van der Waals surface area (Å²) in [4.78, 5) is 22.9. The molecule has 2 aromatic rings. The molecule has 0 fully saturated rings. The maximum absolute atomic E-state index is 12.1. The highest BCUT2D eigenvalue weighted by atomic mass is 35.5. The quantitative estimate of drug-likeness (QED) is 0.812. The van der Waals surface area contributed by atoms with Crippen molar-refractivity contribution in [1.82, 2.24) is 0 Å². The van der Waals surface area contributed by atoms with Gasteiger partial charge in [0.2, 0.25) is 0 Å². The highest BCUT2D eigenvalue weighted by molar-refractivity contribution is 6.35. The molecule has 2 aromatic carbocycles.